The summed E-state index contributed by atoms with van der Waals surface area (Å²) in [5.74, 6) is 0.702. The molecule has 1 fully saturated rings. The van der Waals surface area contributed by atoms with Crippen molar-refractivity contribution >= 4 is 5.91 Å². The number of carbonyl (C=O) groups excluding carboxylic acids is 1. The Bertz CT molecular complexity index is 400. The van der Waals surface area contributed by atoms with Crippen molar-refractivity contribution in [2.75, 3.05) is 19.6 Å². The molecule has 2 heterocycles. The molecule has 2 atom stereocenters. The number of nitrogens with zero attached hydrogens (tertiary/aromatic N) is 1. The topological polar surface area (TPSA) is 65.7 Å². The molecule has 100 valence electrons. The fraction of sp³-hybridized carbons (Fsp3) is 0.615. The van der Waals surface area contributed by atoms with Crippen LogP contribution in [0.15, 0.2) is 22.8 Å². The summed E-state index contributed by atoms with van der Waals surface area (Å²) in [5.41, 5.74) is -0.660. The van der Waals surface area contributed by atoms with Gasteiger partial charge in [0.2, 0.25) is 5.91 Å². The van der Waals surface area contributed by atoms with Gasteiger partial charge in [0.25, 0.3) is 0 Å². The molecule has 18 heavy (non-hydrogen) atoms. The number of β-amino-alcohol motifs (C(OH)–C–C–N with tert-alkyl or cyclic N) is 1. The van der Waals surface area contributed by atoms with Crippen molar-refractivity contribution in [2.45, 2.75) is 31.9 Å². The highest BCUT2D eigenvalue weighted by molar-refractivity contribution is 5.78. The minimum Gasteiger partial charge on any atom is -0.467 e. The molecule has 1 aromatic heterocycles. The van der Waals surface area contributed by atoms with E-state index in [1.807, 2.05) is 17.9 Å². The molecule has 1 saturated heterocycles. The minimum atomic E-state index is -0.660. The maximum Gasteiger partial charge on any atom is 0.234 e. The molecule has 0 aliphatic carbocycles. The molecule has 0 saturated carbocycles. The van der Waals surface area contributed by atoms with E-state index in [-0.39, 0.29) is 11.9 Å². The van der Waals surface area contributed by atoms with Gasteiger partial charge in [0, 0.05) is 13.1 Å². The number of hydrogen-bond donors (Lipinski definition) is 2. The minimum absolute atomic E-state index is 0.0448. The average molecular weight is 252 g/mol. The van der Waals surface area contributed by atoms with E-state index in [0.29, 0.717) is 19.5 Å². The van der Waals surface area contributed by atoms with Crippen molar-refractivity contribution in [3.63, 3.8) is 0 Å². The molecule has 5 nitrogen and oxygen atoms in total. The Balaban J connectivity index is 1.79. The van der Waals surface area contributed by atoms with Crippen LogP contribution in [-0.4, -0.2) is 41.1 Å². The number of likely N-dealkylation sites (tertiary alicyclic amines) is 1. The van der Waals surface area contributed by atoms with E-state index in [1.165, 1.54) is 0 Å². The molecular formula is C13H20N2O3. The van der Waals surface area contributed by atoms with Crippen LogP contribution < -0.4 is 5.32 Å². The second-order valence-corrected chi connectivity index (χ2v) is 5.26. The normalized spacial score (nSPS) is 26.2. The van der Waals surface area contributed by atoms with Gasteiger partial charge in [0.05, 0.1) is 24.5 Å². The summed E-state index contributed by atoms with van der Waals surface area (Å²) in [4.78, 5) is 13.8. The van der Waals surface area contributed by atoms with Crippen LogP contribution in [0, 0.1) is 0 Å². The monoisotopic (exact) mass is 252 g/mol. The van der Waals surface area contributed by atoms with Gasteiger partial charge >= 0.3 is 0 Å². The predicted molar refractivity (Wildman–Crippen MR) is 66.9 cm³/mol. The lowest BCUT2D eigenvalue weighted by Gasteiger charge is -2.19. The quantitative estimate of drug-likeness (QED) is 0.836. The molecular weight excluding hydrogens is 232 g/mol. The standard InChI is InChI=1S/C13H20N2O3/c1-10(11-4-3-7-18-11)14-12(16)8-15-6-5-13(2,17)9-15/h3-4,7,10,17H,5-6,8-9H2,1-2H3,(H,14,16). The molecule has 1 aliphatic heterocycles. The van der Waals surface area contributed by atoms with Crippen molar-refractivity contribution in [1.29, 1.82) is 0 Å². The molecule has 2 rings (SSSR count). The highest BCUT2D eigenvalue weighted by Gasteiger charge is 2.32. The number of hydrogen-bond acceptors (Lipinski definition) is 4. The summed E-state index contributed by atoms with van der Waals surface area (Å²) in [7, 11) is 0. The molecule has 2 N–H and O–H groups in total. The van der Waals surface area contributed by atoms with Gasteiger partial charge in [-0.3, -0.25) is 9.69 Å². The fourth-order valence-electron chi connectivity index (χ4n) is 2.27. The van der Waals surface area contributed by atoms with E-state index in [0.717, 1.165) is 12.3 Å². The van der Waals surface area contributed by atoms with E-state index >= 15 is 0 Å². The van der Waals surface area contributed by atoms with Gasteiger partial charge in [0.15, 0.2) is 0 Å². The van der Waals surface area contributed by atoms with Crippen molar-refractivity contribution in [2.24, 2.45) is 0 Å². The van der Waals surface area contributed by atoms with Crippen LogP contribution in [0.1, 0.15) is 32.1 Å². The highest BCUT2D eigenvalue weighted by atomic mass is 16.3. The van der Waals surface area contributed by atoms with Crippen molar-refractivity contribution in [1.82, 2.24) is 10.2 Å². The Kier molecular flexibility index (Phi) is 3.73. The van der Waals surface area contributed by atoms with Gasteiger partial charge in [-0.25, -0.2) is 0 Å². The Morgan fingerprint density at radius 2 is 2.50 bits per heavy atom. The SMILES string of the molecule is CC(NC(=O)CN1CCC(C)(O)C1)c1ccco1. The summed E-state index contributed by atoms with van der Waals surface area (Å²) in [6.45, 7) is 5.32. The Morgan fingerprint density at radius 1 is 1.72 bits per heavy atom. The summed E-state index contributed by atoms with van der Waals surface area (Å²) in [6.07, 6.45) is 2.31. The van der Waals surface area contributed by atoms with E-state index in [1.54, 1.807) is 19.3 Å². The van der Waals surface area contributed by atoms with Crippen molar-refractivity contribution in [3.05, 3.63) is 24.2 Å². The Hall–Kier alpha value is -1.33. The largest absolute Gasteiger partial charge is 0.467 e. The van der Waals surface area contributed by atoms with E-state index < -0.39 is 5.60 Å². The zero-order valence-corrected chi connectivity index (χ0v) is 10.8. The van der Waals surface area contributed by atoms with Gasteiger partial charge in [0.1, 0.15) is 5.76 Å². The molecule has 0 bridgehead atoms. The van der Waals surface area contributed by atoms with Crippen LogP contribution in [0.3, 0.4) is 0 Å². The third-order valence-corrected chi connectivity index (χ3v) is 3.25. The van der Waals surface area contributed by atoms with Crippen LogP contribution in [0.4, 0.5) is 0 Å². The Labute approximate surface area is 107 Å². The third-order valence-electron chi connectivity index (χ3n) is 3.25. The summed E-state index contributed by atoms with van der Waals surface area (Å²) in [5, 5.41) is 12.7. The van der Waals surface area contributed by atoms with Gasteiger partial charge < -0.3 is 14.8 Å². The lowest BCUT2D eigenvalue weighted by atomic mass is 10.1. The van der Waals surface area contributed by atoms with Gasteiger partial charge in [-0.2, -0.15) is 0 Å². The molecule has 2 unspecified atom stereocenters. The zero-order chi connectivity index (χ0) is 13.2. The smallest absolute Gasteiger partial charge is 0.234 e. The number of furan rings is 1. The lowest BCUT2D eigenvalue weighted by molar-refractivity contribution is -0.122. The van der Waals surface area contributed by atoms with E-state index in [2.05, 4.69) is 5.32 Å². The highest BCUT2D eigenvalue weighted by Crippen LogP contribution is 2.19. The van der Waals surface area contributed by atoms with Crippen LogP contribution >= 0.6 is 0 Å². The molecule has 0 aromatic carbocycles. The van der Waals surface area contributed by atoms with Gasteiger partial charge in [-0.15, -0.1) is 0 Å². The Morgan fingerprint density at radius 3 is 3.06 bits per heavy atom. The first-order valence-corrected chi connectivity index (χ1v) is 6.24. The third kappa shape index (κ3) is 3.34. The average Bonchev–Trinajstić information content (AvgIpc) is 2.87. The van der Waals surface area contributed by atoms with E-state index in [9.17, 15) is 9.90 Å². The predicted octanol–water partition coefficient (Wildman–Crippen LogP) is 0.913. The summed E-state index contributed by atoms with van der Waals surface area (Å²) >= 11 is 0. The second kappa shape index (κ2) is 5.12. The maximum atomic E-state index is 11.8. The molecule has 0 spiro atoms. The van der Waals surface area contributed by atoms with Crippen LogP contribution in [-0.2, 0) is 4.79 Å². The van der Waals surface area contributed by atoms with Crippen LogP contribution in [0.25, 0.3) is 0 Å². The fourth-order valence-corrected chi connectivity index (χ4v) is 2.27. The number of nitrogens with one attached hydrogen (secondary N) is 1. The first kappa shape index (κ1) is 13.1. The molecule has 1 amide bonds. The van der Waals surface area contributed by atoms with E-state index in [4.69, 9.17) is 4.42 Å². The number of aliphatic hydroxyl groups is 1. The molecule has 1 aromatic rings. The van der Waals surface area contributed by atoms with Crippen LogP contribution in [0.5, 0.6) is 0 Å². The number of amides is 1. The number of carbonyl (C=O) groups is 1. The summed E-state index contributed by atoms with van der Waals surface area (Å²) < 4.78 is 5.23. The number of rotatable bonds is 4. The maximum absolute atomic E-state index is 11.8. The first-order chi connectivity index (χ1) is 8.46. The molecule has 5 heteroatoms. The summed E-state index contributed by atoms with van der Waals surface area (Å²) in [6, 6.07) is 3.51. The van der Waals surface area contributed by atoms with Crippen LogP contribution in [0.2, 0.25) is 0 Å². The van der Waals surface area contributed by atoms with Gasteiger partial charge in [-0.1, -0.05) is 0 Å². The van der Waals surface area contributed by atoms with Gasteiger partial charge in [-0.05, 0) is 32.4 Å². The molecule has 0 radical (unpaired) electrons. The molecule has 1 aliphatic rings. The van der Waals surface area contributed by atoms with Crippen molar-refractivity contribution < 1.29 is 14.3 Å². The van der Waals surface area contributed by atoms with Crippen molar-refractivity contribution in [3.8, 4) is 0 Å². The second-order valence-electron chi connectivity index (χ2n) is 5.26. The zero-order valence-electron chi connectivity index (χ0n) is 10.8. The lowest BCUT2D eigenvalue weighted by Crippen LogP contribution is -2.39. The first-order valence-electron chi connectivity index (χ1n) is 6.24.